The number of aromatic hydroxyl groups is 1. The van der Waals surface area contributed by atoms with E-state index in [1.54, 1.807) is 6.21 Å². The molecule has 3 heteroatoms. The Balaban J connectivity index is 2.55. The number of halogens is 1. The third-order valence-corrected chi connectivity index (χ3v) is 4.73. The molecule has 0 bridgehead atoms. The summed E-state index contributed by atoms with van der Waals surface area (Å²) < 4.78 is 0. The average molecular weight is 358 g/mol. The fourth-order valence-corrected chi connectivity index (χ4v) is 2.74. The number of hydrogen-bond acceptors (Lipinski definition) is 2. The van der Waals surface area contributed by atoms with Gasteiger partial charge in [0.25, 0.3) is 0 Å². The second-order valence-corrected chi connectivity index (χ2v) is 9.06. The first-order chi connectivity index (χ1) is 11.4. The van der Waals surface area contributed by atoms with Crippen LogP contribution in [0.4, 0.5) is 5.69 Å². The maximum atomic E-state index is 10.8. The van der Waals surface area contributed by atoms with Crippen molar-refractivity contribution in [1.29, 1.82) is 0 Å². The van der Waals surface area contributed by atoms with Gasteiger partial charge < -0.3 is 5.11 Å². The van der Waals surface area contributed by atoms with E-state index < -0.39 is 0 Å². The van der Waals surface area contributed by atoms with Crippen molar-refractivity contribution in [3.63, 3.8) is 0 Å². The minimum absolute atomic E-state index is 0.0105. The zero-order valence-electron chi connectivity index (χ0n) is 16.2. The van der Waals surface area contributed by atoms with E-state index in [1.165, 1.54) is 5.56 Å². The number of hydrogen-bond donors (Lipinski definition) is 1. The van der Waals surface area contributed by atoms with Crippen molar-refractivity contribution in [1.82, 2.24) is 0 Å². The maximum Gasteiger partial charge on any atom is 0.128 e. The molecule has 0 radical (unpaired) electrons. The van der Waals surface area contributed by atoms with Crippen LogP contribution >= 0.6 is 11.6 Å². The third-order valence-electron chi connectivity index (χ3n) is 4.32. The molecular weight excluding hydrogens is 330 g/mol. The Morgan fingerprint density at radius 3 is 2.12 bits per heavy atom. The van der Waals surface area contributed by atoms with Crippen LogP contribution in [0.3, 0.4) is 0 Å². The van der Waals surface area contributed by atoms with Crippen LogP contribution in [0, 0.1) is 6.92 Å². The highest BCUT2D eigenvalue weighted by atomic mass is 35.5. The monoisotopic (exact) mass is 357 g/mol. The molecule has 0 aliphatic rings. The van der Waals surface area contributed by atoms with Gasteiger partial charge in [0.1, 0.15) is 5.75 Å². The number of phenols is 1. The second kappa shape index (κ2) is 6.84. The van der Waals surface area contributed by atoms with Crippen molar-refractivity contribution in [3.8, 4) is 5.75 Å². The van der Waals surface area contributed by atoms with Crippen molar-refractivity contribution >= 4 is 23.5 Å². The third kappa shape index (κ3) is 4.64. The van der Waals surface area contributed by atoms with Gasteiger partial charge in [0.05, 0.1) is 5.69 Å². The highest BCUT2D eigenvalue weighted by Gasteiger charge is 2.24. The molecule has 0 aliphatic carbocycles. The quantitative estimate of drug-likeness (QED) is 0.596. The Morgan fingerprint density at radius 1 is 0.960 bits per heavy atom. The Labute approximate surface area is 156 Å². The number of aliphatic imine (C=N–C) groups is 1. The lowest BCUT2D eigenvalue weighted by atomic mass is 9.79. The van der Waals surface area contributed by atoms with Crippen LogP contribution in [0.25, 0.3) is 0 Å². The molecule has 1 N–H and O–H groups in total. The van der Waals surface area contributed by atoms with Gasteiger partial charge in [0.2, 0.25) is 0 Å². The molecule has 0 saturated carbocycles. The molecule has 2 aromatic rings. The molecule has 0 fully saturated rings. The lowest BCUT2D eigenvalue weighted by Crippen LogP contribution is -2.17. The molecule has 2 rings (SSSR count). The number of benzene rings is 2. The van der Waals surface area contributed by atoms with Crippen LogP contribution in [-0.2, 0) is 10.8 Å². The zero-order valence-corrected chi connectivity index (χ0v) is 17.0. The summed E-state index contributed by atoms with van der Waals surface area (Å²) in [6, 6.07) is 9.83. The van der Waals surface area contributed by atoms with E-state index >= 15 is 0 Å². The molecule has 0 heterocycles. The molecular formula is C22H28ClNO. The van der Waals surface area contributed by atoms with Crippen molar-refractivity contribution < 1.29 is 5.11 Å². The van der Waals surface area contributed by atoms with Crippen molar-refractivity contribution in [3.05, 3.63) is 57.6 Å². The molecule has 0 amide bonds. The summed E-state index contributed by atoms with van der Waals surface area (Å²) >= 11 is 6.17. The summed E-state index contributed by atoms with van der Waals surface area (Å²) in [5.41, 5.74) is 4.47. The SMILES string of the molecule is Cc1ccc(N=Cc2cc(C(C)(C)C)cc(C(C)(C)C)c2O)cc1Cl. The molecule has 0 unspecified atom stereocenters. The van der Waals surface area contributed by atoms with Crippen molar-refractivity contribution in [2.24, 2.45) is 4.99 Å². The molecule has 0 atom stereocenters. The van der Waals surface area contributed by atoms with E-state index in [0.717, 1.165) is 22.4 Å². The first-order valence-electron chi connectivity index (χ1n) is 8.58. The Morgan fingerprint density at radius 2 is 1.60 bits per heavy atom. The van der Waals surface area contributed by atoms with E-state index in [4.69, 9.17) is 11.6 Å². The summed E-state index contributed by atoms with van der Waals surface area (Å²) in [6.07, 6.45) is 1.72. The van der Waals surface area contributed by atoms with Gasteiger partial charge in [-0.25, -0.2) is 0 Å². The summed E-state index contributed by atoms with van der Waals surface area (Å²) in [4.78, 5) is 4.52. The van der Waals surface area contributed by atoms with E-state index in [2.05, 4.69) is 52.6 Å². The van der Waals surface area contributed by atoms with Crippen LogP contribution in [0.2, 0.25) is 5.02 Å². The van der Waals surface area contributed by atoms with Gasteiger partial charge in [-0.2, -0.15) is 0 Å². The smallest absolute Gasteiger partial charge is 0.128 e. The highest BCUT2D eigenvalue weighted by Crippen LogP contribution is 2.37. The van der Waals surface area contributed by atoms with Crippen LogP contribution in [0.15, 0.2) is 35.3 Å². The largest absolute Gasteiger partial charge is 0.507 e. The molecule has 2 aromatic carbocycles. The summed E-state index contributed by atoms with van der Waals surface area (Å²) in [6.45, 7) is 14.8. The summed E-state index contributed by atoms with van der Waals surface area (Å²) in [5.74, 6) is 0.294. The van der Waals surface area contributed by atoms with Gasteiger partial charge in [-0.05, 0) is 47.1 Å². The number of rotatable bonds is 2. The molecule has 0 aliphatic heterocycles. The summed E-state index contributed by atoms with van der Waals surface area (Å²) in [5, 5.41) is 11.5. The van der Waals surface area contributed by atoms with Crippen molar-refractivity contribution in [2.45, 2.75) is 59.3 Å². The molecule has 134 valence electrons. The number of phenolic OH excluding ortho intramolecular Hbond substituents is 1. The fourth-order valence-electron chi connectivity index (χ4n) is 2.57. The lowest BCUT2D eigenvalue weighted by molar-refractivity contribution is 0.444. The Kier molecular flexibility index (Phi) is 5.34. The van der Waals surface area contributed by atoms with Gasteiger partial charge in [0.15, 0.2) is 0 Å². The highest BCUT2D eigenvalue weighted by molar-refractivity contribution is 6.31. The Hall–Kier alpha value is -1.80. The molecule has 25 heavy (non-hydrogen) atoms. The van der Waals surface area contributed by atoms with E-state index in [0.29, 0.717) is 10.8 Å². The van der Waals surface area contributed by atoms with Gasteiger partial charge in [-0.3, -0.25) is 4.99 Å². The lowest BCUT2D eigenvalue weighted by Gasteiger charge is -2.26. The first kappa shape index (κ1) is 19.5. The number of nitrogens with zero attached hydrogens (tertiary/aromatic N) is 1. The normalized spacial score (nSPS) is 12.8. The molecule has 0 aromatic heterocycles. The van der Waals surface area contributed by atoms with Crippen LogP contribution in [0.5, 0.6) is 5.75 Å². The predicted octanol–water partition coefficient (Wildman–Crippen LogP) is 6.70. The predicted molar refractivity (Wildman–Crippen MR) is 109 cm³/mol. The minimum atomic E-state index is -0.152. The van der Waals surface area contributed by atoms with Gasteiger partial charge in [-0.1, -0.05) is 65.3 Å². The summed E-state index contributed by atoms with van der Waals surface area (Å²) in [7, 11) is 0. The fraction of sp³-hybridized carbons (Fsp3) is 0.409. The zero-order chi connectivity index (χ0) is 19.0. The Bertz CT molecular complexity index is 808. The van der Waals surface area contributed by atoms with Gasteiger partial charge in [0, 0.05) is 22.4 Å². The van der Waals surface area contributed by atoms with E-state index in [-0.39, 0.29) is 10.8 Å². The topological polar surface area (TPSA) is 32.6 Å². The van der Waals surface area contributed by atoms with E-state index in [9.17, 15) is 5.11 Å². The second-order valence-electron chi connectivity index (χ2n) is 8.65. The molecule has 2 nitrogen and oxygen atoms in total. The minimum Gasteiger partial charge on any atom is -0.507 e. The standard InChI is InChI=1S/C22H28ClNO/c1-14-8-9-17(12-19(14)23)24-13-15-10-16(21(2,3)4)11-18(20(15)25)22(5,6)7/h8-13,25H,1-7H3. The average Bonchev–Trinajstić information content (AvgIpc) is 2.47. The van der Waals surface area contributed by atoms with E-state index in [1.807, 2.05) is 31.2 Å². The first-order valence-corrected chi connectivity index (χ1v) is 8.95. The van der Waals surface area contributed by atoms with Gasteiger partial charge >= 0.3 is 0 Å². The van der Waals surface area contributed by atoms with Gasteiger partial charge in [-0.15, -0.1) is 0 Å². The number of aryl methyl sites for hydroxylation is 1. The van der Waals surface area contributed by atoms with Crippen LogP contribution in [0.1, 0.15) is 63.8 Å². The maximum absolute atomic E-state index is 10.8. The molecule has 0 saturated heterocycles. The van der Waals surface area contributed by atoms with Crippen LogP contribution < -0.4 is 0 Å². The van der Waals surface area contributed by atoms with Crippen LogP contribution in [-0.4, -0.2) is 11.3 Å². The molecule has 0 spiro atoms. The van der Waals surface area contributed by atoms with Crippen molar-refractivity contribution in [2.75, 3.05) is 0 Å².